The first-order valence-corrected chi connectivity index (χ1v) is 7.46. The van der Waals surface area contributed by atoms with Gasteiger partial charge in [-0.3, -0.25) is 0 Å². The highest BCUT2D eigenvalue weighted by Crippen LogP contribution is 2.37. The Morgan fingerprint density at radius 2 is 2.00 bits per heavy atom. The zero-order chi connectivity index (χ0) is 13.9. The van der Waals surface area contributed by atoms with Gasteiger partial charge in [0.15, 0.2) is 0 Å². The number of hydrogen-bond donors (Lipinski definition) is 1. The molecule has 1 aromatic carbocycles. The van der Waals surface area contributed by atoms with E-state index in [1.807, 2.05) is 18.2 Å². The lowest BCUT2D eigenvalue weighted by Crippen LogP contribution is -2.42. The summed E-state index contributed by atoms with van der Waals surface area (Å²) in [7, 11) is 3.35. The number of aliphatic hydroxyl groups excluding tert-OH is 1. The van der Waals surface area contributed by atoms with Crippen LogP contribution in [-0.2, 0) is 11.2 Å². The lowest BCUT2D eigenvalue weighted by Gasteiger charge is -2.33. The summed E-state index contributed by atoms with van der Waals surface area (Å²) in [6.07, 6.45) is 4.22. The standard InChI is InChI=1S/C15H21BrO3/c1-18-12-5-6-13(16)11(9-12)10-14(17)15(19-2)7-3-4-8-15/h5-6,9,14,17H,3-4,7-8,10H2,1-2H3. The average Bonchev–Trinajstić information content (AvgIpc) is 2.91. The quantitative estimate of drug-likeness (QED) is 0.901. The summed E-state index contributed by atoms with van der Waals surface area (Å²) in [5, 5.41) is 10.6. The Morgan fingerprint density at radius 1 is 1.32 bits per heavy atom. The second kappa shape index (κ2) is 6.25. The molecule has 1 saturated carbocycles. The summed E-state index contributed by atoms with van der Waals surface area (Å²) in [6, 6.07) is 5.82. The molecule has 0 aliphatic heterocycles. The Bertz CT molecular complexity index is 427. The van der Waals surface area contributed by atoms with E-state index in [9.17, 15) is 5.11 Å². The molecule has 1 atom stereocenters. The number of aliphatic hydroxyl groups is 1. The molecule has 1 aromatic rings. The van der Waals surface area contributed by atoms with Gasteiger partial charge in [0.2, 0.25) is 0 Å². The molecule has 19 heavy (non-hydrogen) atoms. The number of rotatable bonds is 5. The van der Waals surface area contributed by atoms with Gasteiger partial charge in [0.25, 0.3) is 0 Å². The summed E-state index contributed by atoms with van der Waals surface area (Å²) in [6.45, 7) is 0. The van der Waals surface area contributed by atoms with Crippen molar-refractivity contribution in [2.45, 2.75) is 43.8 Å². The summed E-state index contributed by atoms with van der Waals surface area (Å²) in [5.41, 5.74) is 0.679. The molecule has 1 fully saturated rings. The van der Waals surface area contributed by atoms with Gasteiger partial charge < -0.3 is 14.6 Å². The third-order valence-electron chi connectivity index (χ3n) is 4.13. The van der Waals surface area contributed by atoms with E-state index in [1.54, 1.807) is 14.2 Å². The van der Waals surface area contributed by atoms with Crippen molar-refractivity contribution >= 4 is 15.9 Å². The van der Waals surface area contributed by atoms with Crippen molar-refractivity contribution in [3.05, 3.63) is 28.2 Å². The highest BCUT2D eigenvalue weighted by atomic mass is 79.9. The van der Waals surface area contributed by atoms with Crippen LogP contribution in [0.4, 0.5) is 0 Å². The van der Waals surface area contributed by atoms with E-state index in [0.29, 0.717) is 6.42 Å². The fourth-order valence-electron chi connectivity index (χ4n) is 2.88. The van der Waals surface area contributed by atoms with E-state index in [4.69, 9.17) is 9.47 Å². The molecule has 0 radical (unpaired) electrons. The van der Waals surface area contributed by atoms with Crippen LogP contribution in [0.15, 0.2) is 22.7 Å². The molecule has 1 unspecified atom stereocenters. The third-order valence-corrected chi connectivity index (χ3v) is 4.90. The largest absolute Gasteiger partial charge is 0.497 e. The molecule has 106 valence electrons. The van der Waals surface area contributed by atoms with E-state index in [1.165, 1.54) is 0 Å². The smallest absolute Gasteiger partial charge is 0.119 e. The normalized spacial score (nSPS) is 19.4. The van der Waals surface area contributed by atoms with Gasteiger partial charge >= 0.3 is 0 Å². The topological polar surface area (TPSA) is 38.7 Å². The maximum atomic E-state index is 10.6. The first-order chi connectivity index (χ1) is 9.11. The third kappa shape index (κ3) is 3.12. The number of hydrogen-bond acceptors (Lipinski definition) is 3. The van der Waals surface area contributed by atoms with Crippen molar-refractivity contribution in [1.29, 1.82) is 0 Å². The summed E-state index contributed by atoms with van der Waals surface area (Å²) in [5.74, 6) is 0.809. The predicted molar refractivity (Wildman–Crippen MR) is 78.6 cm³/mol. The molecule has 2 rings (SSSR count). The number of halogens is 1. The number of ether oxygens (including phenoxy) is 2. The summed E-state index contributed by atoms with van der Waals surface area (Å²) in [4.78, 5) is 0. The van der Waals surface area contributed by atoms with Crippen LogP contribution in [0.1, 0.15) is 31.2 Å². The van der Waals surface area contributed by atoms with Gasteiger partial charge in [0.1, 0.15) is 5.75 Å². The van der Waals surface area contributed by atoms with Crippen molar-refractivity contribution in [3.63, 3.8) is 0 Å². The molecule has 0 spiro atoms. The van der Waals surface area contributed by atoms with Gasteiger partial charge in [0, 0.05) is 18.0 Å². The number of methoxy groups -OCH3 is 2. The Morgan fingerprint density at radius 3 is 2.58 bits per heavy atom. The van der Waals surface area contributed by atoms with Gasteiger partial charge in [0.05, 0.1) is 18.8 Å². The lowest BCUT2D eigenvalue weighted by molar-refractivity contribution is -0.0971. The Balaban J connectivity index is 2.15. The monoisotopic (exact) mass is 328 g/mol. The van der Waals surface area contributed by atoms with Crippen LogP contribution in [0.3, 0.4) is 0 Å². The SMILES string of the molecule is COc1ccc(Br)c(CC(O)C2(OC)CCCC2)c1. The first kappa shape index (κ1) is 14.8. The molecule has 4 heteroatoms. The molecule has 0 amide bonds. The molecular formula is C15H21BrO3. The molecule has 0 bridgehead atoms. The summed E-state index contributed by atoms with van der Waals surface area (Å²) < 4.78 is 11.9. The summed E-state index contributed by atoms with van der Waals surface area (Å²) >= 11 is 3.53. The van der Waals surface area contributed by atoms with Crippen molar-refractivity contribution < 1.29 is 14.6 Å². The first-order valence-electron chi connectivity index (χ1n) is 6.67. The van der Waals surface area contributed by atoms with Crippen LogP contribution in [0, 0.1) is 0 Å². The second-order valence-electron chi connectivity index (χ2n) is 5.15. The van der Waals surface area contributed by atoms with Crippen LogP contribution < -0.4 is 4.74 Å². The van der Waals surface area contributed by atoms with Gasteiger partial charge in [-0.1, -0.05) is 28.8 Å². The van der Waals surface area contributed by atoms with Crippen LogP contribution in [-0.4, -0.2) is 31.0 Å². The lowest BCUT2D eigenvalue weighted by atomic mass is 9.90. The number of benzene rings is 1. The average molecular weight is 329 g/mol. The van der Waals surface area contributed by atoms with E-state index in [-0.39, 0.29) is 5.60 Å². The fourth-order valence-corrected chi connectivity index (χ4v) is 3.28. The maximum Gasteiger partial charge on any atom is 0.119 e. The molecule has 3 nitrogen and oxygen atoms in total. The predicted octanol–water partition coefficient (Wildman–Crippen LogP) is 3.32. The second-order valence-corrected chi connectivity index (χ2v) is 6.01. The zero-order valence-electron chi connectivity index (χ0n) is 11.5. The fraction of sp³-hybridized carbons (Fsp3) is 0.600. The van der Waals surface area contributed by atoms with E-state index in [0.717, 1.165) is 41.5 Å². The molecule has 1 aliphatic carbocycles. The van der Waals surface area contributed by atoms with Crippen molar-refractivity contribution in [2.75, 3.05) is 14.2 Å². The Hall–Kier alpha value is -0.580. The van der Waals surface area contributed by atoms with Crippen molar-refractivity contribution in [2.24, 2.45) is 0 Å². The highest BCUT2D eigenvalue weighted by Gasteiger charge is 2.40. The van der Waals surface area contributed by atoms with Crippen LogP contribution >= 0.6 is 15.9 Å². The molecule has 1 N–H and O–H groups in total. The van der Waals surface area contributed by atoms with Crippen molar-refractivity contribution in [1.82, 2.24) is 0 Å². The Labute approximate surface area is 123 Å². The maximum absolute atomic E-state index is 10.6. The van der Waals surface area contributed by atoms with Gasteiger partial charge in [-0.2, -0.15) is 0 Å². The van der Waals surface area contributed by atoms with Gasteiger partial charge in [-0.05, 0) is 36.6 Å². The molecular weight excluding hydrogens is 308 g/mol. The van der Waals surface area contributed by atoms with Crippen LogP contribution in [0.5, 0.6) is 5.75 Å². The van der Waals surface area contributed by atoms with E-state index in [2.05, 4.69) is 15.9 Å². The Kier molecular flexibility index (Phi) is 4.87. The van der Waals surface area contributed by atoms with Crippen LogP contribution in [0.2, 0.25) is 0 Å². The van der Waals surface area contributed by atoms with E-state index < -0.39 is 6.10 Å². The molecule has 0 saturated heterocycles. The minimum atomic E-state index is -0.483. The molecule has 1 aliphatic rings. The van der Waals surface area contributed by atoms with Gasteiger partial charge in [-0.15, -0.1) is 0 Å². The molecule has 0 aromatic heterocycles. The van der Waals surface area contributed by atoms with Gasteiger partial charge in [-0.25, -0.2) is 0 Å². The zero-order valence-corrected chi connectivity index (χ0v) is 13.1. The molecule has 0 heterocycles. The van der Waals surface area contributed by atoms with Crippen LogP contribution in [0.25, 0.3) is 0 Å². The minimum absolute atomic E-state index is 0.373. The van der Waals surface area contributed by atoms with Crippen molar-refractivity contribution in [3.8, 4) is 5.75 Å². The highest BCUT2D eigenvalue weighted by molar-refractivity contribution is 9.10. The van der Waals surface area contributed by atoms with E-state index >= 15 is 0 Å². The minimum Gasteiger partial charge on any atom is -0.497 e.